The van der Waals surface area contributed by atoms with Gasteiger partial charge in [0.1, 0.15) is 11.4 Å². The Kier molecular flexibility index (Phi) is 2.65. The number of halogens is 3. The fourth-order valence-electron chi connectivity index (χ4n) is 1.72. The smallest absolute Gasteiger partial charge is 0.286 e. The standard InChI is InChI=1S/C11H10F3N3/c1-3-7-5-6-17-8(4-2)15-16-10(17)9(7)11(12,13)14/h3,5-6H,1,4H2,2H3. The Morgan fingerprint density at radius 1 is 1.41 bits per heavy atom. The molecule has 0 atom stereocenters. The fraction of sp³-hybridized carbons (Fsp3) is 0.273. The van der Waals surface area contributed by atoms with Gasteiger partial charge >= 0.3 is 6.18 Å². The van der Waals surface area contributed by atoms with Crippen molar-refractivity contribution in [3.8, 4) is 0 Å². The van der Waals surface area contributed by atoms with E-state index in [0.717, 1.165) is 0 Å². The Balaban J connectivity index is 2.85. The van der Waals surface area contributed by atoms with E-state index in [1.54, 1.807) is 0 Å². The summed E-state index contributed by atoms with van der Waals surface area (Å²) in [5, 5.41) is 7.35. The van der Waals surface area contributed by atoms with Crippen LogP contribution in [-0.4, -0.2) is 14.6 Å². The molecular formula is C11H10F3N3. The predicted octanol–water partition coefficient (Wildman–Crippen LogP) is 2.95. The molecular weight excluding hydrogens is 231 g/mol. The van der Waals surface area contributed by atoms with Gasteiger partial charge in [0.05, 0.1) is 0 Å². The van der Waals surface area contributed by atoms with Crippen LogP contribution in [0, 0.1) is 0 Å². The average molecular weight is 241 g/mol. The van der Waals surface area contributed by atoms with Gasteiger partial charge in [-0.05, 0) is 11.6 Å². The van der Waals surface area contributed by atoms with E-state index in [1.807, 2.05) is 6.92 Å². The lowest BCUT2D eigenvalue weighted by Gasteiger charge is -2.11. The number of pyridine rings is 1. The summed E-state index contributed by atoms with van der Waals surface area (Å²) in [7, 11) is 0. The van der Waals surface area contributed by atoms with Crippen LogP contribution in [0.2, 0.25) is 0 Å². The highest BCUT2D eigenvalue weighted by molar-refractivity contribution is 5.63. The van der Waals surface area contributed by atoms with Crippen LogP contribution >= 0.6 is 0 Å². The molecule has 0 saturated heterocycles. The van der Waals surface area contributed by atoms with E-state index in [1.165, 1.54) is 22.7 Å². The van der Waals surface area contributed by atoms with Crippen LogP contribution in [0.4, 0.5) is 13.2 Å². The number of rotatable bonds is 2. The van der Waals surface area contributed by atoms with Gasteiger partial charge in [-0.1, -0.05) is 19.6 Å². The largest absolute Gasteiger partial charge is 0.420 e. The third kappa shape index (κ3) is 1.79. The first-order valence-electron chi connectivity index (χ1n) is 5.05. The van der Waals surface area contributed by atoms with Gasteiger partial charge in [0.25, 0.3) is 0 Å². The second-order valence-electron chi connectivity index (χ2n) is 3.51. The molecule has 0 aliphatic carbocycles. The first-order chi connectivity index (χ1) is 7.99. The molecule has 0 spiro atoms. The Morgan fingerprint density at radius 2 is 2.12 bits per heavy atom. The van der Waals surface area contributed by atoms with Crippen LogP contribution in [0.3, 0.4) is 0 Å². The van der Waals surface area contributed by atoms with Crippen molar-refractivity contribution in [2.75, 3.05) is 0 Å². The van der Waals surface area contributed by atoms with E-state index in [4.69, 9.17) is 0 Å². The van der Waals surface area contributed by atoms with Crippen molar-refractivity contribution in [3.05, 3.63) is 35.8 Å². The minimum Gasteiger partial charge on any atom is -0.286 e. The zero-order chi connectivity index (χ0) is 12.6. The SMILES string of the molecule is C=Cc1ccn2c(CC)nnc2c1C(F)(F)F. The Labute approximate surface area is 95.6 Å². The highest BCUT2D eigenvalue weighted by atomic mass is 19.4. The maximum Gasteiger partial charge on any atom is 0.420 e. The molecule has 0 amide bonds. The van der Waals surface area contributed by atoms with Crippen LogP contribution in [-0.2, 0) is 12.6 Å². The monoisotopic (exact) mass is 241 g/mol. The quantitative estimate of drug-likeness (QED) is 0.809. The summed E-state index contributed by atoms with van der Waals surface area (Å²) in [6, 6.07) is 1.37. The number of nitrogens with zero attached hydrogens (tertiary/aromatic N) is 3. The van der Waals surface area contributed by atoms with Crippen LogP contribution in [0.5, 0.6) is 0 Å². The van der Waals surface area contributed by atoms with Crippen molar-refractivity contribution >= 4 is 11.7 Å². The number of hydrogen-bond acceptors (Lipinski definition) is 2. The molecule has 0 fully saturated rings. The van der Waals surface area contributed by atoms with E-state index in [9.17, 15) is 13.2 Å². The number of alkyl halides is 3. The summed E-state index contributed by atoms with van der Waals surface area (Å²) < 4.78 is 40.2. The molecule has 0 aliphatic heterocycles. The van der Waals surface area contributed by atoms with E-state index >= 15 is 0 Å². The van der Waals surface area contributed by atoms with Crippen molar-refractivity contribution in [3.63, 3.8) is 0 Å². The Morgan fingerprint density at radius 3 is 2.65 bits per heavy atom. The summed E-state index contributed by atoms with van der Waals surface area (Å²) in [5.74, 6) is 0.501. The number of hydrogen-bond donors (Lipinski definition) is 0. The molecule has 90 valence electrons. The molecule has 0 radical (unpaired) electrons. The fourth-order valence-corrected chi connectivity index (χ4v) is 1.72. The van der Waals surface area contributed by atoms with E-state index < -0.39 is 11.7 Å². The molecule has 6 heteroatoms. The molecule has 0 unspecified atom stereocenters. The van der Waals surface area contributed by atoms with Crippen LogP contribution in [0.25, 0.3) is 11.7 Å². The Bertz CT molecular complexity index is 569. The van der Waals surface area contributed by atoms with Crippen LogP contribution < -0.4 is 0 Å². The first-order valence-corrected chi connectivity index (χ1v) is 5.05. The van der Waals surface area contributed by atoms with Gasteiger partial charge in [0.15, 0.2) is 5.65 Å². The molecule has 2 rings (SSSR count). The van der Waals surface area contributed by atoms with Crippen LogP contribution in [0.15, 0.2) is 18.8 Å². The maximum atomic E-state index is 12.9. The number of fused-ring (bicyclic) bond motifs is 1. The minimum absolute atomic E-state index is 0.0139. The zero-order valence-electron chi connectivity index (χ0n) is 9.12. The average Bonchev–Trinajstić information content (AvgIpc) is 2.68. The van der Waals surface area contributed by atoms with Gasteiger partial charge in [-0.2, -0.15) is 13.2 Å². The highest BCUT2D eigenvalue weighted by Gasteiger charge is 2.36. The predicted molar refractivity (Wildman–Crippen MR) is 57.5 cm³/mol. The molecule has 2 aromatic rings. The third-order valence-electron chi connectivity index (χ3n) is 2.50. The van der Waals surface area contributed by atoms with Crippen molar-refractivity contribution in [1.29, 1.82) is 0 Å². The second kappa shape index (κ2) is 3.87. The normalized spacial score (nSPS) is 12.0. The van der Waals surface area contributed by atoms with Gasteiger partial charge < -0.3 is 0 Å². The lowest BCUT2D eigenvalue weighted by Crippen LogP contribution is -2.10. The summed E-state index contributed by atoms with van der Waals surface area (Å²) in [5.41, 5.74) is -0.950. The number of aromatic nitrogens is 3. The summed E-state index contributed by atoms with van der Waals surface area (Å²) in [6.07, 6.45) is -1.25. The van der Waals surface area contributed by atoms with Crippen molar-refractivity contribution in [2.24, 2.45) is 0 Å². The van der Waals surface area contributed by atoms with E-state index in [0.29, 0.717) is 12.2 Å². The molecule has 17 heavy (non-hydrogen) atoms. The molecule has 2 heterocycles. The van der Waals surface area contributed by atoms with Gasteiger partial charge in [-0.15, -0.1) is 10.2 Å². The van der Waals surface area contributed by atoms with Gasteiger partial charge in [0.2, 0.25) is 0 Å². The molecule has 0 bridgehead atoms. The summed E-state index contributed by atoms with van der Waals surface area (Å²) >= 11 is 0. The third-order valence-corrected chi connectivity index (χ3v) is 2.50. The molecule has 0 N–H and O–H groups in total. The summed E-state index contributed by atoms with van der Waals surface area (Å²) in [4.78, 5) is 0. The molecule has 0 saturated carbocycles. The van der Waals surface area contributed by atoms with Crippen LogP contribution in [0.1, 0.15) is 23.9 Å². The van der Waals surface area contributed by atoms with Crippen molar-refractivity contribution < 1.29 is 13.2 Å². The molecule has 0 aliphatic rings. The lowest BCUT2D eigenvalue weighted by atomic mass is 10.1. The van der Waals surface area contributed by atoms with Gasteiger partial charge in [-0.25, -0.2) is 0 Å². The molecule has 2 aromatic heterocycles. The second-order valence-corrected chi connectivity index (χ2v) is 3.51. The van der Waals surface area contributed by atoms with E-state index in [-0.39, 0.29) is 11.2 Å². The minimum atomic E-state index is -4.47. The lowest BCUT2D eigenvalue weighted by molar-refractivity contribution is -0.136. The van der Waals surface area contributed by atoms with Crippen molar-refractivity contribution in [2.45, 2.75) is 19.5 Å². The van der Waals surface area contributed by atoms with Gasteiger partial charge in [-0.3, -0.25) is 4.40 Å². The first kappa shape index (κ1) is 11.6. The van der Waals surface area contributed by atoms with Gasteiger partial charge in [0, 0.05) is 12.6 Å². The highest BCUT2D eigenvalue weighted by Crippen LogP contribution is 2.35. The molecule has 0 aromatic carbocycles. The van der Waals surface area contributed by atoms with E-state index in [2.05, 4.69) is 16.8 Å². The Hall–Kier alpha value is -1.85. The summed E-state index contributed by atoms with van der Waals surface area (Å²) in [6.45, 7) is 5.19. The maximum absolute atomic E-state index is 12.9. The molecule has 3 nitrogen and oxygen atoms in total. The number of aryl methyl sites for hydroxylation is 1. The topological polar surface area (TPSA) is 30.2 Å². The van der Waals surface area contributed by atoms with Crippen molar-refractivity contribution in [1.82, 2.24) is 14.6 Å². The zero-order valence-corrected chi connectivity index (χ0v) is 9.12.